The average Bonchev–Trinajstić information content (AvgIpc) is 2.07. The molecule has 0 aliphatic carbocycles. The van der Waals surface area contributed by atoms with Crippen LogP contribution in [0.3, 0.4) is 0 Å². The Kier molecular flexibility index (Phi) is 3.43. The molecule has 0 heterocycles. The topological polar surface area (TPSA) is 46.4 Å². The van der Waals surface area contributed by atoms with Crippen molar-refractivity contribution in [3.05, 3.63) is 38.9 Å². The maximum atomic E-state index is 10.5. The molecule has 0 saturated heterocycles. The van der Waals surface area contributed by atoms with Crippen LogP contribution in [0.25, 0.3) is 0 Å². The summed E-state index contributed by atoms with van der Waals surface area (Å²) >= 11 is 5.90. The van der Waals surface area contributed by atoms with Crippen LogP contribution in [0.5, 0.6) is 0 Å². The van der Waals surface area contributed by atoms with Gasteiger partial charge in [0.05, 0.1) is 4.92 Å². The summed E-state index contributed by atoms with van der Waals surface area (Å²) in [6.45, 7) is 0.598. The maximum Gasteiger partial charge on any atom is 0.269 e. The third-order valence-corrected chi connectivity index (χ3v) is 2.10. The van der Waals surface area contributed by atoms with Crippen molar-refractivity contribution in [2.24, 2.45) is 0 Å². The van der Waals surface area contributed by atoms with Crippen molar-refractivity contribution in [1.29, 1.82) is 0 Å². The summed E-state index contributed by atoms with van der Waals surface area (Å²) in [5.74, 6) is 0. The smallest absolute Gasteiger partial charge is 0.269 e. The lowest BCUT2D eigenvalue weighted by Crippen LogP contribution is -2.11. The summed E-state index contributed by atoms with van der Waals surface area (Å²) in [6, 6.07) is 4.46. The second kappa shape index (κ2) is 4.39. The molecule has 5 heteroatoms. The quantitative estimate of drug-likeness (QED) is 0.573. The highest BCUT2D eigenvalue weighted by Crippen LogP contribution is 2.22. The van der Waals surface area contributed by atoms with E-state index in [1.54, 1.807) is 6.07 Å². The number of rotatable bonds is 3. The van der Waals surface area contributed by atoms with Gasteiger partial charge in [-0.05, 0) is 25.7 Å². The van der Waals surface area contributed by atoms with Crippen molar-refractivity contribution in [3.63, 3.8) is 0 Å². The second-order valence-electron chi connectivity index (χ2n) is 3.27. The van der Waals surface area contributed by atoms with Gasteiger partial charge in [-0.2, -0.15) is 0 Å². The molecule has 0 spiro atoms. The van der Waals surface area contributed by atoms with Crippen LogP contribution >= 0.6 is 11.6 Å². The minimum atomic E-state index is -0.421. The Morgan fingerprint density at radius 2 is 2.14 bits per heavy atom. The van der Waals surface area contributed by atoms with E-state index in [2.05, 4.69) is 0 Å². The van der Waals surface area contributed by atoms with Crippen LogP contribution in [0.4, 0.5) is 5.69 Å². The molecule has 0 aliphatic heterocycles. The van der Waals surface area contributed by atoms with Gasteiger partial charge in [-0.15, -0.1) is 0 Å². The average molecular weight is 215 g/mol. The highest BCUT2D eigenvalue weighted by atomic mass is 35.5. The fourth-order valence-electron chi connectivity index (χ4n) is 1.14. The molecule has 0 unspecified atom stereocenters. The molecule has 14 heavy (non-hydrogen) atoms. The minimum absolute atomic E-state index is 0.0752. The lowest BCUT2D eigenvalue weighted by molar-refractivity contribution is -0.384. The van der Waals surface area contributed by atoms with Crippen molar-refractivity contribution in [1.82, 2.24) is 4.90 Å². The van der Waals surface area contributed by atoms with Gasteiger partial charge in [0.1, 0.15) is 0 Å². The zero-order chi connectivity index (χ0) is 10.7. The molecule has 0 fully saturated rings. The van der Waals surface area contributed by atoms with Crippen LogP contribution in [-0.2, 0) is 6.54 Å². The van der Waals surface area contributed by atoms with E-state index >= 15 is 0 Å². The van der Waals surface area contributed by atoms with Gasteiger partial charge in [-0.3, -0.25) is 10.1 Å². The number of nitro benzene ring substituents is 1. The van der Waals surface area contributed by atoms with Gasteiger partial charge in [0, 0.05) is 23.7 Å². The molecule has 4 nitrogen and oxygen atoms in total. The van der Waals surface area contributed by atoms with E-state index in [9.17, 15) is 10.1 Å². The normalized spacial score (nSPS) is 10.6. The number of hydrogen-bond acceptors (Lipinski definition) is 3. The Morgan fingerprint density at radius 1 is 1.50 bits per heavy atom. The fraction of sp³-hybridized carbons (Fsp3) is 0.333. The van der Waals surface area contributed by atoms with Gasteiger partial charge in [0.25, 0.3) is 5.69 Å². The molecule has 76 valence electrons. The van der Waals surface area contributed by atoms with E-state index in [-0.39, 0.29) is 5.69 Å². The lowest BCUT2D eigenvalue weighted by atomic mass is 10.2. The summed E-state index contributed by atoms with van der Waals surface area (Å²) in [7, 11) is 3.77. The van der Waals surface area contributed by atoms with Gasteiger partial charge in [-0.1, -0.05) is 11.6 Å². The largest absolute Gasteiger partial charge is 0.305 e. The highest BCUT2D eigenvalue weighted by molar-refractivity contribution is 6.31. The van der Waals surface area contributed by atoms with Crippen molar-refractivity contribution < 1.29 is 4.92 Å². The Labute approximate surface area is 87.2 Å². The standard InChI is InChI=1S/C9H11ClN2O2/c1-11(2)6-7-5-8(12(13)14)3-4-9(7)10/h3-5H,6H2,1-2H3. The van der Waals surface area contributed by atoms with Gasteiger partial charge >= 0.3 is 0 Å². The molecule has 0 amide bonds. The van der Waals surface area contributed by atoms with Crippen molar-refractivity contribution in [3.8, 4) is 0 Å². The first-order valence-electron chi connectivity index (χ1n) is 4.08. The van der Waals surface area contributed by atoms with Crippen LogP contribution in [0.15, 0.2) is 18.2 Å². The van der Waals surface area contributed by atoms with E-state index in [0.717, 1.165) is 5.56 Å². The summed E-state index contributed by atoms with van der Waals surface area (Å²) < 4.78 is 0. The maximum absolute atomic E-state index is 10.5. The summed E-state index contributed by atoms with van der Waals surface area (Å²) in [4.78, 5) is 12.0. The first-order chi connectivity index (χ1) is 6.50. The fourth-order valence-corrected chi connectivity index (χ4v) is 1.31. The van der Waals surface area contributed by atoms with Crippen molar-refractivity contribution >= 4 is 17.3 Å². The molecule has 0 aromatic heterocycles. The number of non-ortho nitro benzene ring substituents is 1. The molecule has 0 aliphatic rings. The number of nitro groups is 1. The number of halogens is 1. The number of hydrogen-bond donors (Lipinski definition) is 0. The molecule has 1 aromatic rings. The zero-order valence-corrected chi connectivity index (χ0v) is 8.78. The Balaban J connectivity index is 3.02. The minimum Gasteiger partial charge on any atom is -0.305 e. The SMILES string of the molecule is CN(C)Cc1cc([N+](=O)[O-])ccc1Cl. The number of benzene rings is 1. The van der Waals surface area contributed by atoms with Crippen LogP contribution < -0.4 is 0 Å². The van der Waals surface area contributed by atoms with E-state index in [1.807, 2.05) is 19.0 Å². The van der Waals surface area contributed by atoms with Gasteiger partial charge in [0.15, 0.2) is 0 Å². The van der Waals surface area contributed by atoms with Gasteiger partial charge in [0.2, 0.25) is 0 Å². The zero-order valence-electron chi connectivity index (χ0n) is 8.03. The molecule has 1 aromatic carbocycles. The molecule has 0 bridgehead atoms. The van der Waals surface area contributed by atoms with Crippen LogP contribution in [0.1, 0.15) is 5.56 Å². The van der Waals surface area contributed by atoms with Crippen LogP contribution in [-0.4, -0.2) is 23.9 Å². The molecule has 1 rings (SSSR count). The third-order valence-electron chi connectivity index (χ3n) is 1.73. The highest BCUT2D eigenvalue weighted by Gasteiger charge is 2.09. The number of nitrogens with zero attached hydrogens (tertiary/aromatic N) is 2. The predicted octanol–water partition coefficient (Wildman–Crippen LogP) is 2.31. The van der Waals surface area contributed by atoms with Gasteiger partial charge < -0.3 is 4.90 Å². The summed E-state index contributed by atoms with van der Waals surface area (Å²) in [5.41, 5.74) is 0.845. The first-order valence-corrected chi connectivity index (χ1v) is 4.46. The van der Waals surface area contributed by atoms with E-state index in [4.69, 9.17) is 11.6 Å². The Morgan fingerprint density at radius 3 is 2.64 bits per heavy atom. The molecule has 0 radical (unpaired) electrons. The monoisotopic (exact) mass is 214 g/mol. The molecular formula is C9H11ClN2O2. The van der Waals surface area contributed by atoms with Crippen LogP contribution in [0, 0.1) is 10.1 Å². The molecule has 0 N–H and O–H groups in total. The van der Waals surface area contributed by atoms with E-state index < -0.39 is 4.92 Å². The Bertz CT molecular complexity index is 353. The first kappa shape index (κ1) is 10.9. The Hall–Kier alpha value is -1.13. The van der Waals surface area contributed by atoms with Crippen LogP contribution in [0.2, 0.25) is 5.02 Å². The lowest BCUT2D eigenvalue weighted by Gasteiger charge is -2.10. The third kappa shape index (κ3) is 2.68. The summed E-state index contributed by atoms with van der Waals surface area (Å²) in [5, 5.41) is 11.1. The summed E-state index contributed by atoms with van der Waals surface area (Å²) in [6.07, 6.45) is 0. The predicted molar refractivity (Wildman–Crippen MR) is 55.5 cm³/mol. The molecular weight excluding hydrogens is 204 g/mol. The van der Waals surface area contributed by atoms with E-state index in [0.29, 0.717) is 11.6 Å². The van der Waals surface area contributed by atoms with E-state index in [1.165, 1.54) is 12.1 Å². The second-order valence-corrected chi connectivity index (χ2v) is 3.68. The van der Waals surface area contributed by atoms with Crippen molar-refractivity contribution in [2.45, 2.75) is 6.54 Å². The molecule has 0 atom stereocenters. The van der Waals surface area contributed by atoms with Gasteiger partial charge in [-0.25, -0.2) is 0 Å². The molecule has 0 saturated carbocycles. The van der Waals surface area contributed by atoms with Crippen molar-refractivity contribution in [2.75, 3.05) is 14.1 Å².